The summed E-state index contributed by atoms with van der Waals surface area (Å²) in [5, 5.41) is 15.5. The fraction of sp³-hybridized carbons (Fsp3) is 0.541. The van der Waals surface area contributed by atoms with E-state index >= 15 is 0 Å². The second kappa shape index (κ2) is 21.2. The quantitative estimate of drug-likeness (QED) is 0.0892. The minimum absolute atomic E-state index is 0.0501. The first-order chi connectivity index (χ1) is 24.0. The van der Waals surface area contributed by atoms with Gasteiger partial charge in [-0.05, 0) is 80.8 Å². The number of carbonyl (C=O) groups is 4. The van der Waals surface area contributed by atoms with Crippen LogP contribution < -0.4 is 38.1 Å². The number of nitrogens with zero attached hydrogens (tertiary/aromatic N) is 1. The Morgan fingerprint density at radius 3 is 1.90 bits per heavy atom. The van der Waals surface area contributed by atoms with Crippen LogP contribution in [-0.2, 0) is 32.0 Å². The molecule has 0 bridgehead atoms. The minimum atomic E-state index is -0.984. The van der Waals surface area contributed by atoms with E-state index in [4.69, 9.17) is 23.7 Å². The molecule has 50 heavy (non-hydrogen) atoms. The molecule has 0 aliphatic carbocycles. The smallest absolute Gasteiger partial charge is 0.245 e. The Hall–Kier alpha value is -4.07. The van der Waals surface area contributed by atoms with Crippen LogP contribution >= 0.6 is 12.2 Å². The number of unbranched alkanes of at least 4 members (excludes halogenated alkanes) is 1. The Kier molecular flexibility index (Phi) is 17.1. The highest BCUT2D eigenvalue weighted by atomic mass is 32.1. The molecule has 0 radical (unpaired) electrons. The standard InChI is InChI=1S/C37H56N8O4S/c1-25(2)22-31(34(47)42-30(16-10-11-19-38)36(49)45-20-17-28(18-21-45)41-37(50)40-3)44-35(48)32(24-27-14-8-5-9-15-27)43-33(46)29(39)23-26-12-6-4-7-13-26/h4-9,12-15,25,28-32H,10-11,16-24,38-39H2,1-3H3,(H,42,47)(H,43,46)(H,44,48)(H2,40,41,50)/t29-,30-,31-,32-/m1/s1. The Bertz CT molecular complexity index is 1370. The molecule has 274 valence electrons. The van der Waals surface area contributed by atoms with E-state index < -0.39 is 41.9 Å². The number of amides is 4. The van der Waals surface area contributed by atoms with Crippen LogP contribution in [0.1, 0.15) is 63.5 Å². The molecular formula is C37H56N8O4S. The van der Waals surface area contributed by atoms with Crippen molar-refractivity contribution in [3.63, 3.8) is 0 Å². The highest BCUT2D eigenvalue weighted by molar-refractivity contribution is 7.80. The van der Waals surface area contributed by atoms with E-state index in [0.717, 1.165) is 24.0 Å². The molecule has 1 aliphatic rings. The summed E-state index contributed by atoms with van der Waals surface area (Å²) in [7, 11) is 1.76. The number of hydrogen-bond donors (Lipinski definition) is 7. The zero-order chi connectivity index (χ0) is 36.5. The monoisotopic (exact) mass is 708 g/mol. The van der Waals surface area contributed by atoms with Crippen molar-refractivity contribution in [1.29, 1.82) is 0 Å². The molecule has 0 unspecified atom stereocenters. The zero-order valence-corrected chi connectivity index (χ0v) is 30.5. The van der Waals surface area contributed by atoms with Crippen LogP contribution in [0.2, 0.25) is 0 Å². The molecule has 0 saturated carbocycles. The molecule has 3 rings (SSSR count). The van der Waals surface area contributed by atoms with Crippen molar-refractivity contribution in [3.05, 3.63) is 71.8 Å². The Morgan fingerprint density at radius 1 is 0.800 bits per heavy atom. The van der Waals surface area contributed by atoms with Crippen LogP contribution in [-0.4, -0.2) is 90.5 Å². The first kappa shape index (κ1) is 40.4. The molecule has 12 nitrogen and oxygen atoms in total. The van der Waals surface area contributed by atoms with Crippen molar-refractivity contribution in [2.24, 2.45) is 17.4 Å². The lowest BCUT2D eigenvalue weighted by molar-refractivity contribution is -0.138. The normalized spacial score (nSPS) is 15.7. The number of rotatable bonds is 18. The number of hydrogen-bond acceptors (Lipinski definition) is 7. The Labute approximate surface area is 302 Å². The van der Waals surface area contributed by atoms with Crippen molar-refractivity contribution in [1.82, 2.24) is 31.5 Å². The summed E-state index contributed by atoms with van der Waals surface area (Å²) in [6.07, 6.45) is 4.11. The second-order valence-corrected chi connectivity index (χ2v) is 13.8. The van der Waals surface area contributed by atoms with Crippen molar-refractivity contribution in [2.45, 2.75) is 95.4 Å². The second-order valence-electron chi connectivity index (χ2n) is 13.4. The van der Waals surface area contributed by atoms with Gasteiger partial charge in [-0.2, -0.15) is 0 Å². The molecule has 1 heterocycles. The molecular weight excluding hydrogens is 653 g/mol. The number of carbonyl (C=O) groups excluding carboxylic acids is 4. The van der Waals surface area contributed by atoms with E-state index in [1.165, 1.54) is 0 Å². The summed E-state index contributed by atoms with van der Waals surface area (Å²) in [5.41, 5.74) is 13.8. The molecule has 1 saturated heterocycles. The summed E-state index contributed by atoms with van der Waals surface area (Å²) >= 11 is 5.24. The van der Waals surface area contributed by atoms with Gasteiger partial charge < -0.3 is 43.0 Å². The molecule has 4 atom stereocenters. The number of nitrogens with one attached hydrogen (secondary N) is 5. The maximum atomic E-state index is 13.9. The average Bonchev–Trinajstić information content (AvgIpc) is 3.11. The third kappa shape index (κ3) is 13.7. The van der Waals surface area contributed by atoms with E-state index in [1.807, 2.05) is 74.5 Å². The molecule has 0 aromatic heterocycles. The largest absolute Gasteiger partial charge is 0.366 e. The Morgan fingerprint density at radius 2 is 1.34 bits per heavy atom. The van der Waals surface area contributed by atoms with E-state index in [2.05, 4.69) is 26.6 Å². The lowest BCUT2D eigenvalue weighted by Gasteiger charge is -2.35. The lowest BCUT2D eigenvalue weighted by atomic mass is 9.99. The first-order valence-corrected chi connectivity index (χ1v) is 18.1. The predicted molar refractivity (Wildman–Crippen MR) is 201 cm³/mol. The van der Waals surface area contributed by atoms with E-state index in [0.29, 0.717) is 56.9 Å². The van der Waals surface area contributed by atoms with Crippen LogP contribution in [0.25, 0.3) is 0 Å². The zero-order valence-electron chi connectivity index (χ0n) is 29.7. The van der Waals surface area contributed by atoms with Gasteiger partial charge >= 0.3 is 0 Å². The lowest BCUT2D eigenvalue weighted by Crippen LogP contribution is -2.59. The van der Waals surface area contributed by atoms with Crippen molar-refractivity contribution < 1.29 is 19.2 Å². The van der Waals surface area contributed by atoms with Gasteiger partial charge in [0, 0.05) is 32.6 Å². The summed E-state index contributed by atoms with van der Waals surface area (Å²) in [6.45, 7) is 5.46. The number of likely N-dealkylation sites (tertiary alicyclic amines) is 1. The molecule has 0 spiro atoms. The highest BCUT2D eigenvalue weighted by Gasteiger charge is 2.33. The number of benzene rings is 2. The van der Waals surface area contributed by atoms with Gasteiger partial charge in [0.1, 0.15) is 18.1 Å². The van der Waals surface area contributed by atoms with Gasteiger partial charge in [-0.15, -0.1) is 0 Å². The molecule has 4 amide bonds. The topological polar surface area (TPSA) is 184 Å². The average molecular weight is 709 g/mol. The minimum Gasteiger partial charge on any atom is -0.366 e. The van der Waals surface area contributed by atoms with Crippen molar-refractivity contribution in [2.75, 3.05) is 26.7 Å². The van der Waals surface area contributed by atoms with Crippen LogP contribution in [0.3, 0.4) is 0 Å². The van der Waals surface area contributed by atoms with Gasteiger partial charge in [-0.3, -0.25) is 19.2 Å². The van der Waals surface area contributed by atoms with Gasteiger partial charge in [-0.25, -0.2) is 0 Å². The molecule has 1 aliphatic heterocycles. The van der Waals surface area contributed by atoms with Crippen molar-refractivity contribution in [3.8, 4) is 0 Å². The van der Waals surface area contributed by atoms with E-state index in [-0.39, 0.29) is 24.3 Å². The molecule has 2 aromatic rings. The summed E-state index contributed by atoms with van der Waals surface area (Å²) in [4.78, 5) is 56.7. The van der Waals surface area contributed by atoms with Crippen LogP contribution in [0.15, 0.2) is 60.7 Å². The third-order valence-corrected chi connectivity index (χ3v) is 9.14. The molecule has 13 heteroatoms. The van der Waals surface area contributed by atoms with Gasteiger partial charge in [-0.1, -0.05) is 74.5 Å². The van der Waals surface area contributed by atoms with E-state index in [1.54, 1.807) is 11.9 Å². The maximum absolute atomic E-state index is 13.9. The Balaban J connectivity index is 1.74. The third-order valence-electron chi connectivity index (χ3n) is 8.82. The summed E-state index contributed by atoms with van der Waals surface area (Å²) < 4.78 is 0. The molecule has 9 N–H and O–H groups in total. The van der Waals surface area contributed by atoms with Crippen LogP contribution in [0.4, 0.5) is 0 Å². The SMILES string of the molecule is CNC(=S)NC1CCN(C(=O)[C@@H](CCCCN)NC(=O)[C@@H](CC(C)C)NC(=O)[C@@H](Cc2ccccc2)NC(=O)[C@H](N)Cc2ccccc2)CC1. The molecule has 1 fully saturated rings. The highest BCUT2D eigenvalue weighted by Crippen LogP contribution is 2.15. The first-order valence-electron chi connectivity index (χ1n) is 17.7. The number of nitrogens with two attached hydrogens (primary N) is 2. The van der Waals surface area contributed by atoms with Crippen LogP contribution in [0.5, 0.6) is 0 Å². The van der Waals surface area contributed by atoms with Gasteiger partial charge in [0.2, 0.25) is 23.6 Å². The van der Waals surface area contributed by atoms with Crippen LogP contribution in [0, 0.1) is 5.92 Å². The fourth-order valence-corrected chi connectivity index (χ4v) is 6.19. The van der Waals surface area contributed by atoms with Crippen molar-refractivity contribution >= 4 is 41.0 Å². The maximum Gasteiger partial charge on any atom is 0.245 e. The summed E-state index contributed by atoms with van der Waals surface area (Å²) in [6, 6.07) is 15.4. The number of thiocarbonyl (C=S) groups is 1. The summed E-state index contributed by atoms with van der Waals surface area (Å²) in [5.74, 6) is -1.52. The van der Waals surface area contributed by atoms with Gasteiger partial charge in [0.05, 0.1) is 6.04 Å². The number of piperidine rings is 1. The molecule has 2 aromatic carbocycles. The van der Waals surface area contributed by atoms with Gasteiger partial charge in [0.25, 0.3) is 0 Å². The van der Waals surface area contributed by atoms with Gasteiger partial charge in [0.15, 0.2) is 5.11 Å². The fourth-order valence-electron chi connectivity index (χ4n) is 6.02. The predicted octanol–water partition coefficient (Wildman–Crippen LogP) is 1.51. The van der Waals surface area contributed by atoms with E-state index in [9.17, 15) is 19.2 Å².